The summed E-state index contributed by atoms with van der Waals surface area (Å²) in [6.45, 7) is 56.4. The van der Waals surface area contributed by atoms with Gasteiger partial charge in [-0.3, -0.25) is 33.6 Å². The van der Waals surface area contributed by atoms with E-state index in [0.717, 1.165) is 177 Å². The molecular formula is C124H244O19. The summed E-state index contributed by atoms with van der Waals surface area (Å²) in [7, 11) is 0. The van der Waals surface area contributed by atoms with Crippen molar-refractivity contribution in [2.45, 2.75) is 590 Å². The third kappa shape index (κ3) is 37.5. The van der Waals surface area contributed by atoms with Gasteiger partial charge in [0.2, 0.25) is 0 Å². The van der Waals surface area contributed by atoms with Gasteiger partial charge in [-0.2, -0.15) is 0 Å². The number of ether oxygens (including phenoxy) is 12. The summed E-state index contributed by atoms with van der Waals surface area (Å²) in [6.07, 6.45) is 39.7. The van der Waals surface area contributed by atoms with E-state index in [9.17, 15) is 33.6 Å². The van der Waals surface area contributed by atoms with Crippen molar-refractivity contribution in [1.82, 2.24) is 0 Å². The van der Waals surface area contributed by atoms with Crippen molar-refractivity contribution >= 4 is 41.8 Å². The topological polar surface area (TPSA) is 230 Å². The van der Waals surface area contributed by atoms with Gasteiger partial charge in [0.1, 0.15) is 11.2 Å². The summed E-state index contributed by atoms with van der Waals surface area (Å²) in [5.74, 6) is 18.5. The normalized spacial score (nSPS) is 32.6. The van der Waals surface area contributed by atoms with E-state index in [1.165, 1.54) is 148 Å². The first-order valence-corrected chi connectivity index (χ1v) is 53.3. The molecule has 18 aliphatic carbocycles. The molecule has 0 N–H and O–H groups in total. The SMILES string of the molecule is C.C.C.C.C.C.C.C.C.C.C.C.C.C.CCC(C)(C)C(=O)OC(C)OC1C2CC3CC(C2)CC1C3.CCC(C)(C)C(=O)OC(C)OC1CC2CC1C1C3CCC(C3)C21.CCC(C)(C)C(=O)OC(C)OC1CC2CCC1C2.CCC(C)(C)OC(=O)C(C)(C)CC.CCC(C)C(=O)OC(C)(C)CC.CCC(C)C(=O)OC(C)OC1C2CC3CC(C2)CC1C3.CCC(C)C(=O)OC(C)OC1CC2CC1C1C3CCC(C3)C21. The minimum atomic E-state index is -0.415. The van der Waals surface area contributed by atoms with Crippen LogP contribution in [-0.2, 0) is 90.4 Å². The molecule has 18 rings (SSSR count). The summed E-state index contributed by atoms with van der Waals surface area (Å²) in [4.78, 5) is 83.0. The summed E-state index contributed by atoms with van der Waals surface area (Å²) in [5.41, 5.74) is -2.23. The zero-order chi connectivity index (χ0) is 95.1. The first kappa shape index (κ1) is 148. The standard InChI is InChI=1S/C20H32O3.C19H30O3.C18H30O3.C17H28O3.C15H26O3.C11H22O2.C10H20O2.14CH4/c1-5-20(3,4)19(21)23-11(2)22-16-10-14-9-15(16)18-13-7-6-12(8-13)17(14)18;1-4-10(2)19(20)22-11(3)21-16-9-14-8-15(16)18-13-6-5-12(7-13)17(14)18;1-5-18(3,4)17(19)21-11(2)20-16-14-7-12-6-13(9-14)10-15(16)8-12;1-4-10(2)17(18)20-11(3)19-16-14-6-12-5-13(8-14)9-15(16)7-12;1-5-15(3,4)14(16)18-10(2)17-13-9-11-6-7-12(13)8-11;1-7-10(3,4)9(12)13-11(5,6)8-2;1-6-8(3)9(11)12-10(4,5)7-2;;;;;;;;;;;;;;/h11-18H,5-10H2,1-4H3;10-18H,4-9H2,1-3H3;11-16H,5-10H2,1-4H3;10-16H,4-9H2,1-3H3;10-13H,5-9H2,1-4H3;7-8H2,1-6H3;8H,6-7H2,1-5H3;14*1H4. The molecule has 854 valence electrons. The van der Waals surface area contributed by atoms with Gasteiger partial charge in [0, 0.05) is 0 Å². The van der Waals surface area contributed by atoms with E-state index < -0.39 is 35.1 Å². The van der Waals surface area contributed by atoms with Crippen molar-refractivity contribution in [3.63, 3.8) is 0 Å². The van der Waals surface area contributed by atoms with Crippen molar-refractivity contribution in [1.29, 1.82) is 0 Å². The lowest BCUT2D eigenvalue weighted by molar-refractivity contribution is -0.224. The monoisotopic (exact) mass is 2040 g/mol. The first-order chi connectivity index (χ1) is 60.5. The van der Waals surface area contributed by atoms with Crippen LogP contribution in [0.4, 0.5) is 0 Å². The highest BCUT2D eigenvalue weighted by Gasteiger charge is 2.65. The molecule has 0 aromatic rings. The Labute approximate surface area is 886 Å². The molecule has 25 unspecified atom stereocenters. The van der Waals surface area contributed by atoms with Gasteiger partial charge in [-0.05, 0) is 460 Å². The third-order valence-corrected chi connectivity index (χ3v) is 36.7. The van der Waals surface area contributed by atoms with Gasteiger partial charge >= 0.3 is 41.8 Å². The Balaban J connectivity index is -0.000000515. The molecule has 0 saturated heterocycles. The number of rotatable bonds is 33. The number of esters is 7. The van der Waals surface area contributed by atoms with Crippen molar-refractivity contribution < 1.29 is 90.4 Å². The minimum Gasteiger partial charge on any atom is -0.459 e. The molecule has 18 fully saturated rings. The molecule has 18 saturated carbocycles. The Morgan fingerprint density at radius 1 is 0.231 bits per heavy atom. The molecule has 0 aromatic carbocycles. The van der Waals surface area contributed by atoms with E-state index in [2.05, 4.69) is 0 Å². The predicted octanol–water partition coefficient (Wildman–Crippen LogP) is 34.7. The maximum atomic E-state index is 12.2. The van der Waals surface area contributed by atoms with E-state index in [-0.39, 0.29) is 193 Å². The van der Waals surface area contributed by atoms with Gasteiger partial charge in [0.05, 0.1) is 69.9 Å². The average molecular weight is 2040 g/mol. The van der Waals surface area contributed by atoms with Crippen molar-refractivity contribution in [3.8, 4) is 0 Å². The van der Waals surface area contributed by atoms with Crippen LogP contribution in [0.25, 0.3) is 0 Å². The fraction of sp³-hybridized carbons (Fsp3) is 0.944. The van der Waals surface area contributed by atoms with Crippen LogP contribution in [0.2, 0.25) is 0 Å². The molecule has 0 heterocycles. The predicted molar refractivity (Wildman–Crippen MR) is 600 cm³/mol. The number of fused-ring (bicyclic) bond motifs is 20. The average Bonchev–Trinajstić information content (AvgIpc) is 1.56. The largest absolute Gasteiger partial charge is 0.459 e. The third-order valence-electron chi connectivity index (χ3n) is 36.7. The summed E-state index contributed by atoms with van der Waals surface area (Å²) < 4.78 is 68.9. The quantitative estimate of drug-likeness (QED) is 0.0257. The van der Waals surface area contributed by atoms with Gasteiger partial charge in [0.15, 0.2) is 31.5 Å². The molecule has 143 heavy (non-hydrogen) atoms. The zero-order valence-electron chi connectivity index (χ0n) is 86.8. The van der Waals surface area contributed by atoms with E-state index >= 15 is 0 Å². The number of hydrogen-bond donors (Lipinski definition) is 0. The van der Waals surface area contributed by atoms with Gasteiger partial charge in [-0.25, -0.2) is 0 Å². The lowest BCUT2D eigenvalue weighted by Crippen LogP contribution is -2.50. The Morgan fingerprint density at radius 3 is 0.776 bits per heavy atom. The second-order valence-corrected chi connectivity index (χ2v) is 48.4. The fourth-order valence-electron chi connectivity index (χ4n) is 26.7. The zero-order valence-corrected chi connectivity index (χ0v) is 86.8. The van der Waals surface area contributed by atoms with Gasteiger partial charge in [0.25, 0.3) is 0 Å². The second kappa shape index (κ2) is 62.9. The van der Waals surface area contributed by atoms with Crippen molar-refractivity contribution in [2.24, 2.45) is 170 Å². The van der Waals surface area contributed by atoms with Crippen LogP contribution in [0, 0.1) is 170 Å². The van der Waals surface area contributed by atoms with Crippen LogP contribution < -0.4 is 0 Å². The van der Waals surface area contributed by atoms with Crippen LogP contribution >= 0.6 is 0 Å². The Bertz CT molecular complexity index is 3540. The summed E-state index contributed by atoms with van der Waals surface area (Å²) in [5, 5.41) is 0. The lowest BCUT2D eigenvalue weighted by Gasteiger charge is -2.54. The Kier molecular flexibility index (Phi) is 64.9. The summed E-state index contributed by atoms with van der Waals surface area (Å²) in [6, 6.07) is 0. The van der Waals surface area contributed by atoms with Gasteiger partial charge in [-0.1, -0.05) is 187 Å². The van der Waals surface area contributed by atoms with E-state index in [1.807, 2.05) is 201 Å². The first-order valence-electron chi connectivity index (χ1n) is 53.3. The Hall–Kier alpha value is -3.91. The second-order valence-electron chi connectivity index (χ2n) is 48.4. The van der Waals surface area contributed by atoms with Crippen LogP contribution in [0.15, 0.2) is 0 Å². The highest BCUT2D eigenvalue weighted by Crippen LogP contribution is 2.70. The van der Waals surface area contributed by atoms with Gasteiger partial charge in [-0.15, -0.1) is 0 Å². The number of carbonyl (C=O) groups excluding carboxylic acids is 7. The molecule has 0 radical (unpaired) electrons. The van der Waals surface area contributed by atoms with Crippen molar-refractivity contribution in [2.75, 3.05) is 0 Å². The molecular weight excluding hydrogens is 1790 g/mol. The Morgan fingerprint density at radius 2 is 0.490 bits per heavy atom. The number of carbonyl (C=O) groups is 7. The molecule has 0 aromatic heterocycles. The van der Waals surface area contributed by atoms with Crippen molar-refractivity contribution in [3.05, 3.63) is 0 Å². The summed E-state index contributed by atoms with van der Waals surface area (Å²) >= 11 is 0. The molecule has 0 amide bonds. The molecule has 19 heteroatoms. The smallest absolute Gasteiger partial charge is 0.313 e. The molecule has 18 aliphatic rings. The molecule has 18 bridgehead atoms. The van der Waals surface area contributed by atoms with E-state index in [1.54, 1.807) is 0 Å². The minimum absolute atomic E-state index is 0. The molecule has 19 nitrogen and oxygen atoms in total. The van der Waals surface area contributed by atoms with E-state index in [0.29, 0.717) is 48.3 Å². The maximum Gasteiger partial charge on any atom is 0.313 e. The highest BCUT2D eigenvalue weighted by molar-refractivity contribution is 5.78. The lowest BCUT2D eigenvalue weighted by atomic mass is 9.55. The van der Waals surface area contributed by atoms with Crippen LogP contribution in [-0.4, -0.2) is 115 Å². The number of hydrogen-bond acceptors (Lipinski definition) is 19. The maximum absolute atomic E-state index is 12.2. The molecule has 25 atom stereocenters. The molecule has 0 spiro atoms. The molecule has 0 aliphatic heterocycles. The van der Waals surface area contributed by atoms with Gasteiger partial charge < -0.3 is 56.8 Å². The van der Waals surface area contributed by atoms with E-state index in [4.69, 9.17) is 56.8 Å². The van der Waals surface area contributed by atoms with Crippen LogP contribution in [0.5, 0.6) is 0 Å². The fourth-order valence-corrected chi connectivity index (χ4v) is 26.7. The van der Waals surface area contributed by atoms with Crippen LogP contribution in [0.3, 0.4) is 0 Å². The highest BCUT2D eigenvalue weighted by atomic mass is 16.7. The van der Waals surface area contributed by atoms with Crippen LogP contribution in [0.1, 0.15) is 517 Å².